The lowest BCUT2D eigenvalue weighted by Crippen LogP contribution is -2.38. The van der Waals surface area contributed by atoms with E-state index in [0.29, 0.717) is 5.54 Å². The Morgan fingerprint density at radius 3 is 2.78 bits per heavy atom. The second kappa shape index (κ2) is 5.50. The van der Waals surface area contributed by atoms with E-state index in [9.17, 15) is 0 Å². The van der Waals surface area contributed by atoms with Crippen molar-refractivity contribution in [3.05, 3.63) is 95.6 Å². The van der Waals surface area contributed by atoms with Gasteiger partial charge in [-0.25, -0.2) is 0 Å². The first-order valence-electron chi connectivity index (χ1n) is 8.41. The van der Waals surface area contributed by atoms with Gasteiger partial charge in [0.25, 0.3) is 0 Å². The normalized spacial score (nSPS) is 20.6. The van der Waals surface area contributed by atoms with Gasteiger partial charge in [-0.1, -0.05) is 84.6 Å². The van der Waals surface area contributed by atoms with Crippen molar-refractivity contribution in [2.75, 3.05) is 0 Å². The Morgan fingerprint density at radius 1 is 1.13 bits per heavy atom. The van der Waals surface area contributed by atoms with Crippen LogP contribution >= 0.6 is 0 Å². The highest BCUT2D eigenvalue weighted by Gasteiger charge is 2.42. The van der Waals surface area contributed by atoms with Crippen molar-refractivity contribution in [3.63, 3.8) is 0 Å². The zero-order chi connectivity index (χ0) is 15.9. The summed E-state index contributed by atoms with van der Waals surface area (Å²) in [5.41, 5.74) is 6.43. The molecule has 2 aromatic carbocycles. The second-order valence-corrected chi connectivity index (χ2v) is 11.3. The summed E-state index contributed by atoms with van der Waals surface area (Å²) in [6.45, 7) is 6.63. The van der Waals surface area contributed by atoms with E-state index < -0.39 is 8.07 Å². The van der Waals surface area contributed by atoms with Crippen LogP contribution in [0.1, 0.15) is 27.8 Å². The molecule has 23 heavy (non-hydrogen) atoms. The minimum absolute atomic E-state index is 0.550. The predicted molar refractivity (Wildman–Crippen MR) is 103 cm³/mol. The largest absolute Gasteiger partial charge is 0.103 e. The maximum Gasteiger partial charge on any atom is 0.0989 e. The fourth-order valence-electron chi connectivity index (χ4n) is 4.33. The highest BCUT2D eigenvalue weighted by atomic mass is 28.3. The van der Waals surface area contributed by atoms with Crippen molar-refractivity contribution in [1.82, 2.24) is 0 Å². The van der Waals surface area contributed by atoms with Gasteiger partial charge in [-0.05, 0) is 34.7 Å². The number of rotatable bonds is 4. The monoisotopic (exact) mass is 314 g/mol. The summed E-state index contributed by atoms with van der Waals surface area (Å²) < 4.78 is 0. The van der Waals surface area contributed by atoms with Gasteiger partial charge in [-0.15, -0.1) is 6.58 Å². The average Bonchev–Trinajstić information content (AvgIpc) is 3.20. The maximum absolute atomic E-state index is 4.08. The van der Waals surface area contributed by atoms with Crippen molar-refractivity contribution in [3.8, 4) is 0 Å². The summed E-state index contributed by atoms with van der Waals surface area (Å²) in [5.74, 6) is 0. The van der Waals surface area contributed by atoms with Crippen molar-refractivity contribution in [2.24, 2.45) is 0 Å². The SMILES string of the molecule is C=CC[Si](C)(C1=CCc2ccccc21)C1C=Cc2ccccc21. The van der Waals surface area contributed by atoms with Crippen LogP contribution in [0.15, 0.2) is 73.3 Å². The fraction of sp³-hybridized carbons (Fsp3) is 0.182. The van der Waals surface area contributed by atoms with Crippen molar-refractivity contribution < 1.29 is 0 Å². The molecule has 2 atom stereocenters. The van der Waals surface area contributed by atoms with Gasteiger partial charge in [-0.2, -0.15) is 0 Å². The third-order valence-electron chi connectivity index (χ3n) is 5.50. The van der Waals surface area contributed by atoms with Gasteiger partial charge in [0.2, 0.25) is 0 Å². The van der Waals surface area contributed by atoms with Gasteiger partial charge in [0.05, 0.1) is 8.07 Å². The first-order chi connectivity index (χ1) is 11.2. The van der Waals surface area contributed by atoms with Gasteiger partial charge >= 0.3 is 0 Å². The molecule has 0 nitrogen and oxygen atoms in total. The standard InChI is InChI=1S/C22H22Si/c1-3-16-23(2,21-14-12-17-8-4-6-10-19(17)21)22-15-13-18-9-5-7-11-20(18)22/h3-12,14-15,21H,1,13,16H2,2H3. The summed E-state index contributed by atoms with van der Waals surface area (Å²) >= 11 is 0. The lowest BCUT2D eigenvalue weighted by molar-refractivity contribution is 1.16. The smallest absolute Gasteiger partial charge is 0.0989 e. The van der Waals surface area contributed by atoms with Crippen molar-refractivity contribution in [2.45, 2.75) is 24.6 Å². The molecule has 114 valence electrons. The van der Waals surface area contributed by atoms with E-state index in [4.69, 9.17) is 0 Å². The Bertz CT molecular complexity index is 827. The minimum Gasteiger partial charge on any atom is -0.103 e. The predicted octanol–water partition coefficient (Wildman–Crippen LogP) is 5.78. The van der Waals surface area contributed by atoms with Gasteiger partial charge < -0.3 is 0 Å². The zero-order valence-corrected chi connectivity index (χ0v) is 14.6. The molecule has 0 spiro atoms. The quantitative estimate of drug-likeness (QED) is 0.495. The molecule has 2 aliphatic carbocycles. The molecule has 1 heteroatoms. The molecule has 2 aliphatic rings. The first kappa shape index (κ1) is 14.5. The van der Waals surface area contributed by atoms with E-state index in [-0.39, 0.29) is 0 Å². The molecule has 4 rings (SSSR count). The fourth-order valence-corrected chi connectivity index (χ4v) is 8.64. The molecular formula is C22H22Si. The third-order valence-corrected chi connectivity index (χ3v) is 10.2. The van der Waals surface area contributed by atoms with Crippen molar-refractivity contribution >= 4 is 19.3 Å². The van der Waals surface area contributed by atoms with E-state index in [1.54, 1.807) is 5.20 Å². The minimum atomic E-state index is -1.73. The summed E-state index contributed by atoms with van der Waals surface area (Å²) in [6, 6.07) is 18.9. The molecule has 2 aromatic rings. The molecule has 0 heterocycles. The van der Waals surface area contributed by atoms with Crippen LogP contribution < -0.4 is 0 Å². The van der Waals surface area contributed by atoms with Crippen LogP contribution in [-0.2, 0) is 6.42 Å². The van der Waals surface area contributed by atoms with E-state index in [1.807, 2.05) is 0 Å². The first-order valence-corrected chi connectivity index (χ1v) is 11.2. The van der Waals surface area contributed by atoms with Crippen LogP contribution in [0.25, 0.3) is 11.3 Å². The van der Waals surface area contributed by atoms with Crippen LogP contribution in [-0.4, -0.2) is 8.07 Å². The molecule has 0 aliphatic heterocycles. The van der Waals surface area contributed by atoms with Gasteiger partial charge in [-0.3, -0.25) is 0 Å². The molecule has 0 radical (unpaired) electrons. The molecule has 0 bridgehead atoms. The number of hydrogen-bond acceptors (Lipinski definition) is 0. The van der Waals surface area contributed by atoms with E-state index in [0.717, 1.165) is 12.5 Å². The highest BCUT2D eigenvalue weighted by molar-refractivity contribution is 6.97. The molecule has 0 saturated heterocycles. The number of allylic oxidation sites excluding steroid dienone is 3. The Morgan fingerprint density at radius 2 is 1.91 bits per heavy atom. The molecule has 2 unspecified atom stereocenters. The van der Waals surface area contributed by atoms with E-state index in [2.05, 4.69) is 86.0 Å². The Kier molecular flexibility index (Phi) is 3.46. The van der Waals surface area contributed by atoms with Crippen LogP contribution in [0, 0.1) is 0 Å². The summed E-state index contributed by atoms with van der Waals surface area (Å²) in [4.78, 5) is 0. The second-order valence-electron chi connectivity index (χ2n) is 6.86. The maximum atomic E-state index is 4.08. The Hall–Kier alpha value is -2.12. The van der Waals surface area contributed by atoms with E-state index >= 15 is 0 Å². The molecule has 0 aromatic heterocycles. The van der Waals surface area contributed by atoms with Crippen LogP contribution in [0.4, 0.5) is 0 Å². The molecular weight excluding hydrogens is 292 g/mol. The van der Waals surface area contributed by atoms with Gasteiger partial charge in [0.15, 0.2) is 0 Å². The third kappa shape index (κ3) is 2.19. The van der Waals surface area contributed by atoms with Gasteiger partial charge in [0.1, 0.15) is 0 Å². The molecule has 0 saturated carbocycles. The molecule has 0 fully saturated rings. The highest BCUT2D eigenvalue weighted by Crippen LogP contribution is 2.47. The van der Waals surface area contributed by atoms with Crippen LogP contribution in [0.2, 0.25) is 12.6 Å². The number of fused-ring (bicyclic) bond motifs is 2. The molecule has 0 amide bonds. The summed E-state index contributed by atoms with van der Waals surface area (Å²) in [7, 11) is -1.73. The summed E-state index contributed by atoms with van der Waals surface area (Å²) in [5, 5.41) is 1.62. The lowest BCUT2D eigenvalue weighted by Gasteiger charge is -2.35. The van der Waals surface area contributed by atoms with E-state index in [1.165, 1.54) is 22.3 Å². The number of hydrogen-bond donors (Lipinski definition) is 0. The van der Waals surface area contributed by atoms with Crippen LogP contribution in [0.5, 0.6) is 0 Å². The van der Waals surface area contributed by atoms with Crippen LogP contribution in [0.3, 0.4) is 0 Å². The lowest BCUT2D eigenvalue weighted by atomic mass is 10.1. The van der Waals surface area contributed by atoms with Crippen molar-refractivity contribution in [1.29, 1.82) is 0 Å². The Labute approximate surface area is 139 Å². The Balaban J connectivity index is 1.83. The number of benzene rings is 2. The topological polar surface area (TPSA) is 0 Å². The zero-order valence-electron chi connectivity index (χ0n) is 13.6. The average molecular weight is 315 g/mol. The van der Waals surface area contributed by atoms with Gasteiger partial charge in [0, 0.05) is 5.54 Å². The summed E-state index contributed by atoms with van der Waals surface area (Å²) in [6.07, 6.45) is 10.5. The molecule has 0 N–H and O–H groups in total.